The molecule has 3 saturated carbocycles. The zero-order valence-corrected chi connectivity index (χ0v) is 20.7. The quantitative estimate of drug-likeness (QED) is 0.483. The van der Waals surface area contributed by atoms with Gasteiger partial charge in [0.25, 0.3) is 0 Å². The number of piperidine rings is 1. The number of nitrogens with zero attached hydrogens (tertiary/aromatic N) is 1. The number of fused-ring (bicyclic) bond motifs is 1. The predicted molar refractivity (Wildman–Crippen MR) is 120 cm³/mol. The van der Waals surface area contributed by atoms with Gasteiger partial charge in [-0.1, -0.05) is 0 Å². The second-order valence-corrected chi connectivity index (χ2v) is 11.6. The molecule has 0 aromatic heterocycles. The van der Waals surface area contributed by atoms with E-state index in [0.717, 1.165) is 11.0 Å². The lowest BCUT2D eigenvalue weighted by atomic mass is 9.29. The standard InChI is InChI=1S/C25H30F6N2O4/c1-13(2)33-19-15(8-37-20(33)34)4-17(5-18(19)24(26,27)28)36-9-16-7-23(35,6-14(3)32-16)21-10-22(11-21,12-21)25(29,30)31/h4-5,13-14,16,32,35H,6-12H2,1-3H3. The molecule has 6 rings (SSSR count). The van der Waals surface area contributed by atoms with Gasteiger partial charge in [-0.2, -0.15) is 26.3 Å². The van der Waals surface area contributed by atoms with E-state index < -0.39 is 52.5 Å². The number of benzene rings is 1. The summed E-state index contributed by atoms with van der Waals surface area (Å²) < 4.78 is 92.9. The number of nitrogens with one attached hydrogen (secondary N) is 1. The second-order valence-electron chi connectivity index (χ2n) is 11.6. The van der Waals surface area contributed by atoms with Gasteiger partial charge in [0.15, 0.2) is 0 Å². The minimum atomic E-state index is -4.76. The van der Waals surface area contributed by atoms with E-state index in [0.29, 0.717) is 6.42 Å². The molecule has 0 radical (unpaired) electrons. The first kappa shape index (κ1) is 26.4. The van der Waals surface area contributed by atoms with Crippen molar-refractivity contribution in [3.63, 3.8) is 0 Å². The number of rotatable bonds is 5. The lowest BCUT2D eigenvalue weighted by Gasteiger charge is -2.76. The van der Waals surface area contributed by atoms with Crippen LogP contribution in [-0.2, 0) is 17.5 Å². The summed E-state index contributed by atoms with van der Waals surface area (Å²) in [7, 11) is 0. The normalized spacial score (nSPS) is 35.4. The number of amides is 1. The SMILES string of the molecule is CC1CC(O)(C23CC(C(F)(F)F)(C2)C3)CC(COc2cc3c(c(C(F)(F)F)c2)N(C(C)C)C(=O)OC3)N1. The number of carbonyl (C=O) groups excluding carboxylic acids is 1. The number of hydrogen-bond donors (Lipinski definition) is 2. The number of halogens is 6. The van der Waals surface area contributed by atoms with E-state index in [2.05, 4.69) is 5.32 Å². The summed E-state index contributed by atoms with van der Waals surface area (Å²) in [5, 5.41) is 14.7. The molecule has 5 aliphatic rings. The summed E-state index contributed by atoms with van der Waals surface area (Å²) in [5.41, 5.74) is -4.89. The van der Waals surface area contributed by atoms with Crippen molar-refractivity contribution in [1.82, 2.24) is 5.32 Å². The van der Waals surface area contributed by atoms with Crippen molar-refractivity contribution >= 4 is 11.8 Å². The Bertz CT molecular complexity index is 1080. The maximum atomic E-state index is 14.0. The van der Waals surface area contributed by atoms with Crippen molar-refractivity contribution in [3.8, 4) is 5.75 Å². The molecule has 1 aromatic rings. The Morgan fingerprint density at radius 2 is 1.81 bits per heavy atom. The Hall–Kier alpha value is -2.21. The third-order valence-corrected chi connectivity index (χ3v) is 8.59. The minimum absolute atomic E-state index is 0.0714. The number of anilines is 1. The molecule has 3 unspecified atom stereocenters. The summed E-state index contributed by atoms with van der Waals surface area (Å²) in [4.78, 5) is 13.2. The van der Waals surface area contributed by atoms with E-state index in [1.165, 1.54) is 6.07 Å². The molecule has 206 valence electrons. The van der Waals surface area contributed by atoms with Gasteiger partial charge in [0.1, 0.15) is 19.0 Å². The topological polar surface area (TPSA) is 71.0 Å². The first-order chi connectivity index (χ1) is 17.0. The summed E-state index contributed by atoms with van der Waals surface area (Å²) in [6.45, 7) is 4.56. The van der Waals surface area contributed by atoms with Gasteiger partial charge in [-0.15, -0.1) is 0 Å². The Morgan fingerprint density at radius 3 is 2.38 bits per heavy atom. The van der Waals surface area contributed by atoms with Crippen molar-refractivity contribution in [2.75, 3.05) is 11.5 Å². The van der Waals surface area contributed by atoms with Gasteiger partial charge < -0.3 is 19.9 Å². The number of carbonyl (C=O) groups is 1. The van der Waals surface area contributed by atoms with Crippen molar-refractivity contribution in [2.45, 2.75) is 95.6 Å². The molecule has 2 bridgehead atoms. The van der Waals surface area contributed by atoms with Crippen LogP contribution in [0.5, 0.6) is 5.75 Å². The molecule has 4 fully saturated rings. The third-order valence-electron chi connectivity index (χ3n) is 8.59. The average Bonchev–Trinajstić information content (AvgIpc) is 2.66. The van der Waals surface area contributed by atoms with Crippen molar-refractivity contribution in [2.24, 2.45) is 10.8 Å². The van der Waals surface area contributed by atoms with Crippen molar-refractivity contribution in [3.05, 3.63) is 23.3 Å². The Labute approximate surface area is 210 Å². The average molecular weight is 537 g/mol. The molecule has 1 aromatic carbocycles. The molecule has 1 saturated heterocycles. The van der Waals surface area contributed by atoms with Crippen LogP contribution in [0.3, 0.4) is 0 Å². The minimum Gasteiger partial charge on any atom is -0.492 e. The van der Waals surface area contributed by atoms with E-state index in [-0.39, 0.29) is 61.9 Å². The molecule has 12 heteroatoms. The largest absolute Gasteiger partial charge is 0.492 e. The van der Waals surface area contributed by atoms with Gasteiger partial charge >= 0.3 is 18.4 Å². The van der Waals surface area contributed by atoms with Crippen LogP contribution in [0.15, 0.2) is 12.1 Å². The van der Waals surface area contributed by atoms with Crippen LogP contribution in [-0.4, -0.2) is 47.7 Å². The molecule has 1 amide bonds. The van der Waals surface area contributed by atoms with E-state index in [9.17, 15) is 36.2 Å². The summed E-state index contributed by atoms with van der Waals surface area (Å²) in [6, 6.07) is 0.994. The number of ether oxygens (including phenoxy) is 2. The highest BCUT2D eigenvalue weighted by Crippen LogP contribution is 2.82. The van der Waals surface area contributed by atoms with Gasteiger partial charge in [0.2, 0.25) is 0 Å². The Balaban J connectivity index is 1.34. The van der Waals surface area contributed by atoms with E-state index in [4.69, 9.17) is 9.47 Å². The number of alkyl halides is 6. The van der Waals surface area contributed by atoms with Crippen LogP contribution >= 0.6 is 0 Å². The van der Waals surface area contributed by atoms with E-state index >= 15 is 0 Å². The molecule has 2 aliphatic heterocycles. The van der Waals surface area contributed by atoms with Gasteiger partial charge in [0, 0.05) is 29.1 Å². The predicted octanol–water partition coefficient (Wildman–Crippen LogP) is 5.55. The number of cyclic esters (lactones) is 1. The van der Waals surface area contributed by atoms with Gasteiger partial charge in [-0.05, 0) is 65.0 Å². The van der Waals surface area contributed by atoms with Crippen LogP contribution in [0.2, 0.25) is 0 Å². The summed E-state index contributed by atoms with van der Waals surface area (Å²) in [6.07, 6.45) is -9.74. The molecule has 0 spiro atoms. The molecule has 2 N–H and O–H groups in total. The molecule has 3 aliphatic carbocycles. The fourth-order valence-corrected chi connectivity index (χ4v) is 6.97. The maximum absolute atomic E-state index is 14.0. The Kier molecular flexibility index (Phi) is 5.81. The molecule has 37 heavy (non-hydrogen) atoms. The monoisotopic (exact) mass is 536 g/mol. The smallest absolute Gasteiger partial charge is 0.418 e. The molecule has 3 atom stereocenters. The summed E-state index contributed by atoms with van der Waals surface area (Å²) >= 11 is 0. The summed E-state index contributed by atoms with van der Waals surface area (Å²) in [5.74, 6) is -0.0714. The van der Waals surface area contributed by atoms with E-state index in [1.807, 2.05) is 6.92 Å². The van der Waals surface area contributed by atoms with Crippen molar-refractivity contribution < 1.29 is 45.7 Å². The van der Waals surface area contributed by atoms with E-state index in [1.54, 1.807) is 13.8 Å². The molecular weight excluding hydrogens is 506 g/mol. The fourth-order valence-electron chi connectivity index (χ4n) is 6.97. The van der Waals surface area contributed by atoms with Gasteiger partial charge in [0.05, 0.1) is 22.3 Å². The highest BCUT2D eigenvalue weighted by Gasteiger charge is 2.83. The Morgan fingerprint density at radius 1 is 1.16 bits per heavy atom. The van der Waals surface area contributed by atoms with Crippen LogP contribution in [0, 0.1) is 10.8 Å². The zero-order valence-electron chi connectivity index (χ0n) is 20.7. The highest BCUT2D eigenvalue weighted by atomic mass is 19.4. The first-order valence-electron chi connectivity index (χ1n) is 12.4. The van der Waals surface area contributed by atoms with Gasteiger partial charge in [-0.3, -0.25) is 4.90 Å². The second kappa shape index (κ2) is 8.14. The van der Waals surface area contributed by atoms with Crippen LogP contribution in [0.1, 0.15) is 64.0 Å². The number of aliphatic hydroxyl groups is 1. The lowest BCUT2D eigenvalue weighted by Crippen LogP contribution is -2.78. The molecule has 2 heterocycles. The maximum Gasteiger partial charge on any atom is 0.418 e. The third kappa shape index (κ3) is 4.05. The van der Waals surface area contributed by atoms with Crippen LogP contribution < -0.4 is 15.0 Å². The fraction of sp³-hybridized carbons (Fsp3) is 0.720. The molecule has 6 nitrogen and oxygen atoms in total. The molecular formula is C25H30F6N2O4. The van der Waals surface area contributed by atoms with Crippen LogP contribution in [0.25, 0.3) is 0 Å². The van der Waals surface area contributed by atoms with Crippen LogP contribution in [0.4, 0.5) is 36.8 Å². The van der Waals surface area contributed by atoms with Gasteiger partial charge in [-0.25, -0.2) is 4.79 Å². The first-order valence-corrected chi connectivity index (χ1v) is 12.4. The number of hydrogen-bond acceptors (Lipinski definition) is 5. The zero-order chi connectivity index (χ0) is 27.2. The highest BCUT2D eigenvalue weighted by molar-refractivity contribution is 5.92. The van der Waals surface area contributed by atoms with Crippen molar-refractivity contribution in [1.29, 1.82) is 0 Å². The lowest BCUT2D eigenvalue weighted by molar-refractivity contribution is -0.403.